The number of nitrogens with one attached hydrogen (secondary N) is 1. The molecule has 172 valence electrons. The van der Waals surface area contributed by atoms with Gasteiger partial charge in [-0.05, 0) is 45.3 Å². The number of para-hydroxylation sites is 2. The van der Waals surface area contributed by atoms with Gasteiger partial charge in [0.05, 0.1) is 23.1 Å². The molecule has 0 aliphatic carbocycles. The van der Waals surface area contributed by atoms with Crippen molar-refractivity contribution < 1.29 is 9.90 Å². The van der Waals surface area contributed by atoms with Gasteiger partial charge in [-0.25, -0.2) is 0 Å². The Morgan fingerprint density at radius 3 is 2.61 bits per heavy atom. The minimum absolute atomic E-state index is 0.138. The summed E-state index contributed by atoms with van der Waals surface area (Å²) < 4.78 is 2.06. The highest BCUT2D eigenvalue weighted by Gasteiger charge is 2.29. The van der Waals surface area contributed by atoms with E-state index in [2.05, 4.69) is 19.9 Å². The molecule has 7 nitrogen and oxygen atoms in total. The lowest BCUT2D eigenvalue weighted by atomic mass is 10.1. The number of aliphatic hydroxyl groups is 1. The van der Waals surface area contributed by atoms with E-state index in [0.717, 1.165) is 35.2 Å². The third-order valence-electron chi connectivity index (χ3n) is 5.71. The van der Waals surface area contributed by atoms with Gasteiger partial charge in [0.1, 0.15) is 0 Å². The third kappa shape index (κ3) is 5.22. The van der Waals surface area contributed by atoms with Crippen LogP contribution in [0.1, 0.15) is 12.5 Å². The van der Waals surface area contributed by atoms with Crippen molar-refractivity contribution in [2.45, 2.75) is 19.6 Å². The van der Waals surface area contributed by atoms with Crippen LogP contribution in [-0.2, 0) is 11.3 Å². The number of aliphatic hydroxyl groups excluding tert-OH is 1. The Balaban J connectivity index is 1.56. The van der Waals surface area contributed by atoms with Crippen molar-refractivity contribution in [3.05, 3.63) is 71.9 Å². The number of fused-ring (bicyclic) bond motifs is 1. The Bertz CT molecular complexity index is 1180. The lowest BCUT2D eigenvalue weighted by Crippen LogP contribution is -2.34. The van der Waals surface area contributed by atoms with Gasteiger partial charge in [-0.1, -0.05) is 36.4 Å². The number of hydrazone groups is 1. The molecular weight excluding hydrogens is 414 g/mol. The van der Waals surface area contributed by atoms with Crippen molar-refractivity contribution in [1.82, 2.24) is 14.8 Å². The van der Waals surface area contributed by atoms with Crippen molar-refractivity contribution in [1.29, 1.82) is 0 Å². The molecule has 4 rings (SSSR count). The van der Waals surface area contributed by atoms with Gasteiger partial charge in [-0.3, -0.25) is 4.79 Å². The second-order valence-electron chi connectivity index (χ2n) is 8.61. The second kappa shape index (κ2) is 10.1. The molecule has 0 fully saturated rings. The van der Waals surface area contributed by atoms with E-state index >= 15 is 0 Å². The predicted octanol–water partition coefficient (Wildman–Crippen LogP) is 2.96. The molecule has 1 unspecified atom stereocenters. The van der Waals surface area contributed by atoms with E-state index in [-0.39, 0.29) is 5.91 Å². The maximum Gasteiger partial charge on any atom is 0.280 e. The Hall–Kier alpha value is -3.26. The highest BCUT2D eigenvalue weighted by molar-refractivity contribution is 6.32. The van der Waals surface area contributed by atoms with E-state index in [1.54, 1.807) is 0 Å². The fraction of sp³-hybridized carbons (Fsp3) is 0.308. The summed E-state index contributed by atoms with van der Waals surface area (Å²) in [6, 6.07) is 17.5. The number of benzene rings is 2. The molecule has 33 heavy (non-hydrogen) atoms. The van der Waals surface area contributed by atoms with E-state index in [4.69, 9.17) is 0 Å². The molecule has 1 aliphatic rings. The Kier molecular flexibility index (Phi) is 7.03. The monoisotopic (exact) mass is 445 g/mol. The SMILES string of the molecule is CC1=NN(c2ccccc2)C(=O)C1=Cc1cn(CC(O)CNCCN(C)C)c2ccccc12. The molecule has 7 heteroatoms. The summed E-state index contributed by atoms with van der Waals surface area (Å²) in [4.78, 5) is 15.2. The molecule has 0 radical (unpaired) electrons. The number of carbonyl (C=O) groups excluding carboxylic acids is 1. The number of hydrogen-bond acceptors (Lipinski definition) is 5. The van der Waals surface area contributed by atoms with E-state index in [1.807, 2.05) is 87.9 Å². The van der Waals surface area contributed by atoms with Crippen LogP contribution in [0.2, 0.25) is 0 Å². The topological polar surface area (TPSA) is 73.1 Å². The van der Waals surface area contributed by atoms with Crippen LogP contribution in [-0.4, -0.2) is 66.0 Å². The number of amides is 1. The molecule has 0 saturated carbocycles. The van der Waals surface area contributed by atoms with Gasteiger partial charge in [0, 0.05) is 48.8 Å². The van der Waals surface area contributed by atoms with Crippen LogP contribution in [0.15, 0.2) is 71.5 Å². The van der Waals surface area contributed by atoms with Crippen LogP contribution in [0.3, 0.4) is 0 Å². The molecule has 2 aromatic carbocycles. The fourth-order valence-corrected chi connectivity index (χ4v) is 3.99. The predicted molar refractivity (Wildman–Crippen MR) is 134 cm³/mol. The van der Waals surface area contributed by atoms with E-state index in [1.165, 1.54) is 5.01 Å². The number of rotatable bonds is 9. The Morgan fingerprint density at radius 1 is 1.12 bits per heavy atom. The summed E-state index contributed by atoms with van der Waals surface area (Å²) in [5.41, 5.74) is 3.97. The average Bonchev–Trinajstić information content (AvgIpc) is 3.29. The van der Waals surface area contributed by atoms with Crippen molar-refractivity contribution >= 4 is 34.3 Å². The highest BCUT2D eigenvalue weighted by atomic mass is 16.3. The van der Waals surface area contributed by atoms with Crippen molar-refractivity contribution in [3.8, 4) is 0 Å². The number of aromatic nitrogens is 1. The number of anilines is 1. The number of hydrogen-bond donors (Lipinski definition) is 2. The molecule has 2 N–H and O–H groups in total. The minimum Gasteiger partial charge on any atom is -0.390 e. The van der Waals surface area contributed by atoms with Crippen LogP contribution >= 0.6 is 0 Å². The molecule has 1 aromatic heterocycles. The van der Waals surface area contributed by atoms with Gasteiger partial charge < -0.3 is 19.9 Å². The number of likely N-dealkylation sites (N-methyl/N-ethyl adjacent to an activating group) is 1. The largest absolute Gasteiger partial charge is 0.390 e. The lowest BCUT2D eigenvalue weighted by Gasteiger charge is -2.15. The molecule has 0 saturated heterocycles. The first-order valence-electron chi connectivity index (χ1n) is 11.2. The van der Waals surface area contributed by atoms with Crippen LogP contribution in [0.25, 0.3) is 17.0 Å². The summed E-state index contributed by atoms with van der Waals surface area (Å²) in [5, 5.41) is 20.8. The molecule has 1 atom stereocenters. The van der Waals surface area contributed by atoms with Crippen molar-refractivity contribution in [3.63, 3.8) is 0 Å². The molecular formula is C26H31N5O2. The quantitative estimate of drug-likeness (QED) is 0.392. The molecule has 0 bridgehead atoms. The molecule has 1 amide bonds. The van der Waals surface area contributed by atoms with E-state index < -0.39 is 6.10 Å². The highest BCUT2D eigenvalue weighted by Crippen LogP contribution is 2.28. The van der Waals surface area contributed by atoms with Gasteiger partial charge in [0.2, 0.25) is 0 Å². The summed E-state index contributed by atoms with van der Waals surface area (Å²) in [5.74, 6) is -0.138. The third-order valence-corrected chi connectivity index (χ3v) is 5.71. The molecule has 2 heterocycles. The van der Waals surface area contributed by atoms with Crippen LogP contribution in [0.4, 0.5) is 5.69 Å². The van der Waals surface area contributed by atoms with Gasteiger partial charge in [0.15, 0.2) is 0 Å². The minimum atomic E-state index is -0.520. The maximum atomic E-state index is 13.1. The zero-order chi connectivity index (χ0) is 23.4. The number of carbonyl (C=O) groups is 1. The molecule has 3 aromatic rings. The smallest absolute Gasteiger partial charge is 0.280 e. The average molecular weight is 446 g/mol. The Labute approximate surface area is 194 Å². The van der Waals surface area contributed by atoms with Gasteiger partial charge in [-0.15, -0.1) is 0 Å². The second-order valence-corrected chi connectivity index (χ2v) is 8.61. The summed E-state index contributed by atoms with van der Waals surface area (Å²) in [6.45, 7) is 4.59. The fourth-order valence-electron chi connectivity index (χ4n) is 3.99. The summed E-state index contributed by atoms with van der Waals surface area (Å²) >= 11 is 0. The van der Waals surface area contributed by atoms with Crippen molar-refractivity contribution in [2.75, 3.05) is 38.7 Å². The van der Waals surface area contributed by atoms with Gasteiger partial charge in [0.25, 0.3) is 5.91 Å². The van der Waals surface area contributed by atoms with Gasteiger partial charge in [-0.2, -0.15) is 10.1 Å². The van der Waals surface area contributed by atoms with E-state index in [0.29, 0.717) is 24.4 Å². The Morgan fingerprint density at radius 2 is 1.85 bits per heavy atom. The zero-order valence-corrected chi connectivity index (χ0v) is 19.4. The van der Waals surface area contributed by atoms with Crippen LogP contribution < -0.4 is 10.3 Å². The first kappa shape index (κ1) is 22.9. The lowest BCUT2D eigenvalue weighted by molar-refractivity contribution is -0.114. The molecule has 1 aliphatic heterocycles. The van der Waals surface area contributed by atoms with Crippen molar-refractivity contribution in [2.24, 2.45) is 5.10 Å². The van der Waals surface area contributed by atoms with E-state index in [9.17, 15) is 9.90 Å². The number of nitrogens with zero attached hydrogens (tertiary/aromatic N) is 4. The first-order chi connectivity index (χ1) is 15.9. The first-order valence-corrected chi connectivity index (χ1v) is 11.2. The maximum absolute atomic E-state index is 13.1. The summed E-state index contributed by atoms with van der Waals surface area (Å²) in [6.07, 6.45) is 3.39. The zero-order valence-electron chi connectivity index (χ0n) is 19.4. The van der Waals surface area contributed by atoms with Gasteiger partial charge >= 0.3 is 0 Å². The van der Waals surface area contributed by atoms with Crippen LogP contribution in [0, 0.1) is 0 Å². The van der Waals surface area contributed by atoms with Crippen LogP contribution in [0.5, 0.6) is 0 Å². The summed E-state index contributed by atoms with van der Waals surface area (Å²) in [7, 11) is 4.06. The molecule has 0 spiro atoms. The standard InChI is InChI=1S/C26H31N5O2/c1-19-24(26(33)31(28-19)21-9-5-4-6-10-21)15-20-17-30(25-12-8-7-11-23(20)25)18-22(32)16-27-13-14-29(2)3/h4-12,15,17,22,27,32H,13-14,16,18H2,1-3H3. The normalized spacial score (nSPS) is 16.3.